The molecule has 0 radical (unpaired) electrons. The molecule has 1 aliphatic carbocycles. The monoisotopic (exact) mass is 1250 g/mol. The van der Waals surface area contributed by atoms with Gasteiger partial charge in [0.05, 0.1) is 88.4 Å². The van der Waals surface area contributed by atoms with E-state index in [0.29, 0.717) is 11.3 Å². The summed E-state index contributed by atoms with van der Waals surface area (Å²) >= 11 is 0. The molecular formula is C52H57F8N6O19S+. The Bertz CT molecular complexity index is 3340. The number of ether oxygens (including phenoxy) is 6. The molecular weight excluding hydrogens is 1200 g/mol. The highest BCUT2D eigenvalue weighted by Gasteiger charge is 2.48. The zero-order valence-electron chi connectivity index (χ0n) is 44.7. The number of benzene rings is 3. The van der Waals surface area contributed by atoms with Crippen LogP contribution in [0.4, 0.5) is 40.8 Å². The number of fused-ring (bicyclic) bond motifs is 1. The van der Waals surface area contributed by atoms with Gasteiger partial charge in [0.1, 0.15) is 42.0 Å². The Morgan fingerprint density at radius 3 is 2.05 bits per heavy atom. The van der Waals surface area contributed by atoms with E-state index in [9.17, 15) is 93.4 Å². The van der Waals surface area contributed by atoms with Gasteiger partial charge in [0.2, 0.25) is 52.9 Å². The normalized spacial score (nSPS) is 21.6. The van der Waals surface area contributed by atoms with Crippen LogP contribution in [0.25, 0.3) is 16.9 Å². The summed E-state index contributed by atoms with van der Waals surface area (Å²) in [6.45, 7) is -1.37. The Labute approximate surface area is 481 Å². The minimum absolute atomic E-state index is 0.00764. The number of carbonyl (C=O) groups is 4. The smallest absolute Gasteiger partial charge is 0.416 e. The molecule has 2 amide bonds. The predicted molar refractivity (Wildman–Crippen MR) is 273 cm³/mol. The Hall–Kier alpha value is -7.09. The second-order valence-corrected chi connectivity index (χ2v) is 20.8. The molecule has 86 heavy (non-hydrogen) atoms. The van der Waals surface area contributed by atoms with E-state index in [2.05, 4.69) is 24.7 Å². The van der Waals surface area contributed by atoms with Gasteiger partial charge < -0.3 is 69.7 Å². The Morgan fingerprint density at radius 2 is 1.40 bits per heavy atom. The van der Waals surface area contributed by atoms with E-state index in [4.69, 9.17) is 28.8 Å². The van der Waals surface area contributed by atoms with E-state index >= 15 is 0 Å². The zero-order chi connectivity index (χ0) is 62.8. The quantitative estimate of drug-likeness (QED) is 0.00648. The summed E-state index contributed by atoms with van der Waals surface area (Å²) < 4.78 is 171. The average Bonchev–Trinajstić information content (AvgIpc) is 1.84. The van der Waals surface area contributed by atoms with Gasteiger partial charge in [0.15, 0.2) is 6.10 Å². The summed E-state index contributed by atoms with van der Waals surface area (Å²) in [6, 6.07) is 11.6. The number of amides is 2. The Balaban J connectivity index is 0.970. The lowest BCUT2D eigenvalue weighted by molar-refractivity contribution is -0.665. The molecule has 0 unspecified atom stereocenters. The lowest BCUT2D eigenvalue weighted by Gasteiger charge is -2.38. The minimum atomic E-state index is -4.71. The van der Waals surface area contributed by atoms with E-state index < -0.39 is 148 Å². The van der Waals surface area contributed by atoms with Gasteiger partial charge in [-0.15, -0.1) is 4.52 Å². The molecule has 1 saturated heterocycles. The number of esters is 1. The first kappa shape index (κ1) is 66.4. The lowest BCUT2D eigenvalue weighted by Crippen LogP contribution is -2.61. The number of alkyl halides is 3. The number of aliphatic hydroxyl groups is 5. The van der Waals surface area contributed by atoms with Crippen molar-refractivity contribution in [3.05, 3.63) is 107 Å². The number of nitrogens with zero attached hydrogens (tertiary/aromatic N) is 3. The molecule has 7 rings (SSSR count). The van der Waals surface area contributed by atoms with Crippen LogP contribution in [0.2, 0.25) is 0 Å². The van der Waals surface area contributed by atoms with E-state index in [-0.39, 0.29) is 107 Å². The first-order valence-electron chi connectivity index (χ1n) is 26.0. The van der Waals surface area contributed by atoms with Gasteiger partial charge in [-0.25, -0.2) is 27.7 Å². The number of carboxylic acids is 1. The third-order valence-electron chi connectivity index (χ3n) is 13.5. The van der Waals surface area contributed by atoms with Crippen molar-refractivity contribution in [1.29, 1.82) is 0 Å². The second-order valence-electron chi connectivity index (χ2n) is 19.6. The van der Waals surface area contributed by atoms with Gasteiger partial charge in [-0.1, -0.05) is 23.3 Å². The summed E-state index contributed by atoms with van der Waals surface area (Å²) in [7, 11) is -4.39. The first-order valence-corrected chi connectivity index (χ1v) is 27.4. The van der Waals surface area contributed by atoms with Crippen molar-refractivity contribution in [3.8, 4) is 22.8 Å². The molecule has 2 aliphatic rings. The maximum atomic E-state index is 13.9. The third kappa shape index (κ3) is 17.1. The molecule has 470 valence electrons. The van der Waals surface area contributed by atoms with Crippen LogP contribution >= 0.6 is 0 Å². The fourth-order valence-corrected chi connectivity index (χ4v) is 9.47. The van der Waals surface area contributed by atoms with Crippen molar-refractivity contribution in [2.24, 2.45) is 17.0 Å². The van der Waals surface area contributed by atoms with Crippen molar-refractivity contribution in [1.82, 2.24) is 14.9 Å². The van der Waals surface area contributed by atoms with E-state index in [1.54, 1.807) is 16.8 Å². The first-order chi connectivity index (χ1) is 40.6. The largest absolute Gasteiger partial charge is 0.479 e. The molecule has 5 aromatic rings. The maximum absolute atomic E-state index is 13.9. The fraction of sp³-hybridized carbons (Fsp3) is 0.462. The highest BCUT2D eigenvalue weighted by molar-refractivity contribution is 7.84. The molecule has 9 atom stereocenters. The molecule has 10 N–H and O–H groups in total. The van der Waals surface area contributed by atoms with Crippen LogP contribution in [0, 0.1) is 40.9 Å². The summed E-state index contributed by atoms with van der Waals surface area (Å²) in [5, 5.41) is 77.7. The molecule has 1 aliphatic heterocycles. The SMILES string of the molecule is NS(=O)(=O)OC[C@H]1C[C@@H](Cc2cc[n+](Cc3ccc(O[C@@H]4O[C@H](C(=O)O)[C@@H](O)[C@H](O)[C@H]4O)c(NC(=O)CCNC(=O)CCOCCOCCOCCC(=O)Oc4c(F)c(F)c(F)c(F)c4F)c3)c3cc(-c4cccc(C(F)(F)F)c4)nn23)[C@H](O)[C@@H]1O. The fourth-order valence-electron chi connectivity index (χ4n) is 9.11. The molecule has 0 spiro atoms. The number of aliphatic hydroxyl groups excluding tert-OH is 5. The average molecular weight is 1250 g/mol. The molecule has 0 bridgehead atoms. The Kier molecular flexibility index (Phi) is 22.5. The molecule has 2 fully saturated rings. The van der Waals surface area contributed by atoms with E-state index in [1.807, 2.05) is 0 Å². The van der Waals surface area contributed by atoms with Crippen LogP contribution in [-0.4, -0.2) is 168 Å². The summed E-state index contributed by atoms with van der Waals surface area (Å²) in [4.78, 5) is 49.8. The van der Waals surface area contributed by atoms with Crippen molar-refractivity contribution in [2.75, 3.05) is 58.1 Å². The van der Waals surface area contributed by atoms with Crippen LogP contribution in [0.5, 0.6) is 11.5 Å². The van der Waals surface area contributed by atoms with Gasteiger partial charge in [-0.05, 0) is 42.2 Å². The summed E-state index contributed by atoms with van der Waals surface area (Å²) in [6.07, 6.45) is -17.1. The highest BCUT2D eigenvalue weighted by Crippen LogP contribution is 2.37. The van der Waals surface area contributed by atoms with Gasteiger partial charge in [-0.2, -0.15) is 30.4 Å². The molecule has 3 aromatic carbocycles. The number of nitrogens with one attached hydrogen (secondary N) is 2. The molecule has 25 nitrogen and oxygen atoms in total. The van der Waals surface area contributed by atoms with Crippen molar-refractivity contribution in [3.63, 3.8) is 0 Å². The maximum Gasteiger partial charge on any atom is 0.416 e. The molecule has 34 heteroatoms. The summed E-state index contributed by atoms with van der Waals surface area (Å²) in [5.74, 6) is -19.5. The number of hydrogen-bond donors (Lipinski definition) is 9. The van der Waals surface area contributed by atoms with Crippen LogP contribution in [0.15, 0.2) is 60.8 Å². The number of anilines is 1. The number of carboxylic acid groups (broad SMARTS) is 1. The van der Waals surface area contributed by atoms with Crippen molar-refractivity contribution in [2.45, 2.75) is 87.7 Å². The van der Waals surface area contributed by atoms with E-state index in [1.165, 1.54) is 40.9 Å². The topological polar surface area (TPSA) is 360 Å². The number of aliphatic carboxylic acids is 1. The standard InChI is InChI=1S/C52H56F8N6O19S/c53-38-39(54)41(56)48(42(57)40(38)55)84-37(69)9-13-80-15-17-81-16-14-79-12-8-34(67)62-10-6-35(68)63-32-18-25(4-5-33(32)83-51-47(74)45(72)46(73)49(85-51)50(75)76)23-65-11-7-30(21-27-19-28(44(71)43(27)70)24-82-86(61,77)78)66-36(65)22-31(64-66)26-2-1-3-29(20-26)52(58,59)60/h1-5,7,11,18,20,22,27-28,43-47,49,51,70-74H,6,8-10,12-17,19,21,23-24H2,(H4-,61,62,63,67,68,75,76,77,78)/p+1/t27-,28+,43-,44+,45-,46-,47+,49-,51+/m0/s1. The van der Waals surface area contributed by atoms with E-state index in [0.717, 1.165) is 12.1 Å². The van der Waals surface area contributed by atoms with Gasteiger partial charge in [0, 0.05) is 43.4 Å². The van der Waals surface area contributed by atoms with Crippen molar-refractivity contribution < 1.29 is 131 Å². The molecule has 3 heterocycles. The van der Waals surface area contributed by atoms with Gasteiger partial charge >= 0.3 is 34.1 Å². The number of hydrogen-bond acceptors (Lipinski definition) is 19. The number of rotatable bonds is 28. The zero-order valence-corrected chi connectivity index (χ0v) is 45.5. The second kappa shape index (κ2) is 29.1. The number of halogens is 8. The van der Waals surface area contributed by atoms with Gasteiger partial charge in [-0.3, -0.25) is 18.6 Å². The molecule has 1 saturated carbocycles. The minimum Gasteiger partial charge on any atom is -0.479 e. The third-order valence-corrected chi connectivity index (χ3v) is 13.9. The van der Waals surface area contributed by atoms with Crippen molar-refractivity contribution >= 4 is 45.4 Å². The summed E-state index contributed by atoms with van der Waals surface area (Å²) in [5.41, 5.74) is 0.137. The van der Waals surface area contributed by atoms with Gasteiger partial charge in [0.25, 0.3) is 0 Å². The number of nitrogens with two attached hydrogens (primary N) is 1. The Morgan fingerprint density at radius 1 is 0.756 bits per heavy atom. The van der Waals surface area contributed by atoms with Crippen LogP contribution in [-0.2, 0) is 71.8 Å². The lowest BCUT2D eigenvalue weighted by atomic mass is 9.98. The van der Waals surface area contributed by atoms with Crippen LogP contribution in [0.1, 0.15) is 42.5 Å². The van der Waals surface area contributed by atoms with Crippen LogP contribution < -0.4 is 29.8 Å². The number of carbonyl (C=O) groups excluding carboxylic acids is 3. The highest BCUT2D eigenvalue weighted by atomic mass is 32.2. The van der Waals surface area contributed by atoms with Crippen LogP contribution in [0.3, 0.4) is 0 Å². The molecule has 2 aromatic heterocycles. The number of aromatic nitrogens is 3. The predicted octanol–water partition coefficient (Wildman–Crippen LogP) is 1.32.